The van der Waals surface area contributed by atoms with Gasteiger partial charge in [-0.1, -0.05) is 18.2 Å². The zero-order valence-electron chi connectivity index (χ0n) is 12.1. The van der Waals surface area contributed by atoms with Crippen molar-refractivity contribution >= 4 is 5.91 Å². The topological polar surface area (TPSA) is 61.8 Å². The van der Waals surface area contributed by atoms with Crippen molar-refractivity contribution in [2.24, 2.45) is 0 Å². The van der Waals surface area contributed by atoms with Crippen LogP contribution >= 0.6 is 0 Å². The zero-order chi connectivity index (χ0) is 14.7. The largest absolute Gasteiger partial charge is 0.490 e. The third kappa shape index (κ3) is 3.54. The normalized spacial score (nSPS) is 26.8. The Morgan fingerprint density at radius 2 is 1.95 bits per heavy atom. The molecule has 1 aromatic carbocycles. The second-order valence-corrected chi connectivity index (χ2v) is 5.81. The molecule has 1 amide bonds. The van der Waals surface area contributed by atoms with Crippen LogP contribution in [0.2, 0.25) is 0 Å². The number of rotatable bonds is 3. The molecular weight excluding hydrogens is 268 g/mol. The Hall–Kier alpha value is -1.59. The number of nitrogens with one attached hydrogen (secondary N) is 1. The minimum absolute atomic E-state index is 0.115. The number of hydrogen-bond donors (Lipinski definition) is 2. The number of β-amino-alcohol motifs (C(OH)–C–C–N with tert-alkyl or cyclic N) is 1. The molecule has 1 aromatic rings. The van der Waals surface area contributed by atoms with Gasteiger partial charge in [0.1, 0.15) is 11.9 Å². The first kappa shape index (κ1) is 14.4. The van der Waals surface area contributed by atoms with Crippen molar-refractivity contribution in [2.75, 3.05) is 19.6 Å². The summed E-state index contributed by atoms with van der Waals surface area (Å²) in [6, 6.07) is 9.60. The Kier molecular flexibility index (Phi) is 4.41. The summed E-state index contributed by atoms with van der Waals surface area (Å²) in [5, 5.41) is 12.6. The maximum Gasteiger partial charge on any atom is 0.239 e. The van der Waals surface area contributed by atoms with Crippen LogP contribution in [-0.4, -0.2) is 53.8 Å². The van der Waals surface area contributed by atoms with E-state index in [0.29, 0.717) is 13.0 Å². The molecule has 0 radical (unpaired) electrons. The summed E-state index contributed by atoms with van der Waals surface area (Å²) < 4.78 is 5.93. The molecule has 0 bridgehead atoms. The van der Waals surface area contributed by atoms with Crippen LogP contribution in [-0.2, 0) is 4.79 Å². The number of likely N-dealkylation sites (tertiary alicyclic amines) is 1. The number of para-hydroxylation sites is 1. The maximum atomic E-state index is 12.3. The fraction of sp³-hybridized carbons (Fsp3) is 0.562. The molecule has 2 N–H and O–H groups in total. The molecule has 2 heterocycles. The van der Waals surface area contributed by atoms with Crippen molar-refractivity contribution in [1.82, 2.24) is 10.2 Å². The molecule has 3 rings (SSSR count). The third-order valence-electron chi connectivity index (χ3n) is 4.21. The maximum absolute atomic E-state index is 12.3. The van der Waals surface area contributed by atoms with Gasteiger partial charge in [-0.3, -0.25) is 4.79 Å². The van der Waals surface area contributed by atoms with Crippen molar-refractivity contribution in [3.8, 4) is 5.75 Å². The van der Waals surface area contributed by atoms with Gasteiger partial charge in [-0.2, -0.15) is 0 Å². The summed E-state index contributed by atoms with van der Waals surface area (Å²) in [6.07, 6.45) is 2.03. The van der Waals surface area contributed by atoms with E-state index in [-0.39, 0.29) is 18.1 Å². The van der Waals surface area contributed by atoms with E-state index in [1.165, 1.54) is 0 Å². The minimum atomic E-state index is -0.391. The van der Waals surface area contributed by atoms with E-state index in [1.54, 1.807) is 0 Å². The standard InChI is InChI=1S/C16H22N2O3/c19-12-10-15(17-11-12)16(20)18-8-6-14(7-9-18)21-13-4-2-1-3-5-13/h1-5,12,14-15,17,19H,6-11H2/t12-,15+/m0/s1. The monoisotopic (exact) mass is 290 g/mol. The Bertz CT molecular complexity index is 472. The molecule has 0 unspecified atom stereocenters. The van der Waals surface area contributed by atoms with Crippen molar-refractivity contribution in [3.63, 3.8) is 0 Å². The van der Waals surface area contributed by atoms with Gasteiger partial charge in [0.2, 0.25) is 5.91 Å². The van der Waals surface area contributed by atoms with Crippen molar-refractivity contribution in [3.05, 3.63) is 30.3 Å². The highest BCUT2D eigenvalue weighted by molar-refractivity contribution is 5.82. The minimum Gasteiger partial charge on any atom is -0.490 e. The van der Waals surface area contributed by atoms with Gasteiger partial charge in [0.05, 0.1) is 12.1 Å². The molecule has 5 heteroatoms. The number of aliphatic hydroxyl groups is 1. The molecule has 114 valence electrons. The number of ether oxygens (including phenoxy) is 1. The van der Waals surface area contributed by atoms with Gasteiger partial charge < -0.3 is 20.1 Å². The first-order valence-electron chi connectivity index (χ1n) is 7.64. The quantitative estimate of drug-likeness (QED) is 0.863. The van der Waals surface area contributed by atoms with E-state index in [0.717, 1.165) is 31.7 Å². The fourth-order valence-electron chi connectivity index (χ4n) is 3.01. The molecule has 2 fully saturated rings. The van der Waals surface area contributed by atoms with E-state index in [4.69, 9.17) is 4.74 Å². The number of hydrogen-bond acceptors (Lipinski definition) is 4. The summed E-state index contributed by atoms with van der Waals surface area (Å²) in [4.78, 5) is 14.2. The Balaban J connectivity index is 1.47. The summed E-state index contributed by atoms with van der Waals surface area (Å²) in [7, 11) is 0. The van der Waals surface area contributed by atoms with E-state index in [9.17, 15) is 9.90 Å². The number of carbonyl (C=O) groups is 1. The lowest BCUT2D eigenvalue weighted by molar-refractivity contribution is -0.135. The fourth-order valence-corrected chi connectivity index (χ4v) is 3.01. The van der Waals surface area contributed by atoms with Crippen molar-refractivity contribution < 1.29 is 14.6 Å². The molecule has 0 aliphatic carbocycles. The Labute approximate surface area is 124 Å². The molecular formula is C16H22N2O3. The molecule has 0 spiro atoms. The molecule has 2 saturated heterocycles. The lowest BCUT2D eigenvalue weighted by Crippen LogP contribution is -2.48. The highest BCUT2D eigenvalue weighted by atomic mass is 16.5. The van der Waals surface area contributed by atoms with Crippen LogP contribution in [0.15, 0.2) is 30.3 Å². The van der Waals surface area contributed by atoms with Crippen LogP contribution in [0.5, 0.6) is 5.75 Å². The Morgan fingerprint density at radius 1 is 1.24 bits per heavy atom. The van der Waals surface area contributed by atoms with Gasteiger partial charge >= 0.3 is 0 Å². The van der Waals surface area contributed by atoms with Gasteiger partial charge in [0.15, 0.2) is 0 Å². The van der Waals surface area contributed by atoms with E-state index in [1.807, 2.05) is 35.2 Å². The SMILES string of the molecule is O=C([C@H]1C[C@H](O)CN1)N1CCC(Oc2ccccc2)CC1. The van der Waals surface area contributed by atoms with Crippen LogP contribution in [0, 0.1) is 0 Å². The Morgan fingerprint density at radius 3 is 2.57 bits per heavy atom. The number of carbonyl (C=O) groups excluding carboxylic acids is 1. The molecule has 2 aliphatic heterocycles. The number of benzene rings is 1. The molecule has 2 atom stereocenters. The van der Waals surface area contributed by atoms with Gasteiger partial charge in [0.25, 0.3) is 0 Å². The van der Waals surface area contributed by atoms with Gasteiger partial charge in [-0.15, -0.1) is 0 Å². The predicted octanol–water partition coefficient (Wildman–Crippen LogP) is 0.779. The summed E-state index contributed by atoms with van der Waals surface area (Å²) in [6.45, 7) is 1.97. The number of aliphatic hydroxyl groups excluding tert-OH is 1. The molecule has 21 heavy (non-hydrogen) atoms. The zero-order valence-corrected chi connectivity index (χ0v) is 12.1. The van der Waals surface area contributed by atoms with E-state index < -0.39 is 6.10 Å². The summed E-state index contributed by atoms with van der Waals surface area (Å²) >= 11 is 0. The number of amides is 1. The number of piperidine rings is 1. The summed E-state index contributed by atoms with van der Waals surface area (Å²) in [5.41, 5.74) is 0. The molecule has 0 aromatic heterocycles. The molecule has 0 saturated carbocycles. The molecule has 5 nitrogen and oxygen atoms in total. The van der Waals surface area contributed by atoms with Gasteiger partial charge in [0, 0.05) is 32.5 Å². The highest BCUT2D eigenvalue weighted by Gasteiger charge is 2.33. The van der Waals surface area contributed by atoms with E-state index >= 15 is 0 Å². The van der Waals surface area contributed by atoms with Crippen LogP contribution in [0.4, 0.5) is 0 Å². The first-order chi connectivity index (χ1) is 10.2. The summed E-state index contributed by atoms with van der Waals surface area (Å²) in [5.74, 6) is 1.01. The van der Waals surface area contributed by atoms with Gasteiger partial charge in [-0.25, -0.2) is 0 Å². The lowest BCUT2D eigenvalue weighted by Gasteiger charge is -2.33. The van der Waals surface area contributed by atoms with Crippen molar-refractivity contribution in [1.29, 1.82) is 0 Å². The third-order valence-corrected chi connectivity index (χ3v) is 4.21. The average Bonchev–Trinajstić information content (AvgIpc) is 2.95. The second kappa shape index (κ2) is 6.45. The lowest BCUT2D eigenvalue weighted by atomic mass is 10.1. The van der Waals surface area contributed by atoms with Crippen molar-refractivity contribution in [2.45, 2.75) is 37.5 Å². The van der Waals surface area contributed by atoms with Crippen LogP contribution in [0.25, 0.3) is 0 Å². The smallest absolute Gasteiger partial charge is 0.239 e. The first-order valence-corrected chi connectivity index (χ1v) is 7.64. The second-order valence-electron chi connectivity index (χ2n) is 5.81. The van der Waals surface area contributed by atoms with Crippen LogP contribution in [0.1, 0.15) is 19.3 Å². The average molecular weight is 290 g/mol. The van der Waals surface area contributed by atoms with E-state index in [2.05, 4.69) is 5.32 Å². The highest BCUT2D eigenvalue weighted by Crippen LogP contribution is 2.20. The van der Waals surface area contributed by atoms with Crippen LogP contribution in [0.3, 0.4) is 0 Å². The molecule has 2 aliphatic rings. The predicted molar refractivity (Wildman–Crippen MR) is 79.1 cm³/mol. The van der Waals surface area contributed by atoms with Gasteiger partial charge in [-0.05, 0) is 18.6 Å². The van der Waals surface area contributed by atoms with Crippen LogP contribution < -0.4 is 10.1 Å². The number of nitrogens with zero attached hydrogens (tertiary/aromatic N) is 1.